The van der Waals surface area contributed by atoms with Crippen LogP contribution in [0.3, 0.4) is 0 Å². The summed E-state index contributed by atoms with van der Waals surface area (Å²) in [4.78, 5) is 26.2. The first-order valence-corrected chi connectivity index (χ1v) is 12.5. The minimum Gasteiger partial charge on any atom is -0.496 e. The van der Waals surface area contributed by atoms with Crippen molar-refractivity contribution in [1.29, 1.82) is 0 Å². The molecule has 5 atom stereocenters. The quantitative estimate of drug-likeness (QED) is 0.316. The average Bonchev–Trinajstić information content (AvgIpc) is 2.94. The molecule has 4 N–H and O–H groups in total. The van der Waals surface area contributed by atoms with Crippen LogP contribution in [0.25, 0.3) is 22.3 Å². The van der Waals surface area contributed by atoms with Gasteiger partial charge in [0.25, 0.3) is 5.91 Å². The number of aliphatic hydroxyl groups excluding tert-OH is 3. The van der Waals surface area contributed by atoms with E-state index in [1.807, 2.05) is 0 Å². The van der Waals surface area contributed by atoms with Gasteiger partial charge in [-0.15, -0.1) is 0 Å². The van der Waals surface area contributed by atoms with Crippen LogP contribution >= 0.6 is 0 Å². The fourth-order valence-corrected chi connectivity index (χ4v) is 4.76. The first-order valence-electron chi connectivity index (χ1n) is 12.5. The predicted octanol–water partition coefficient (Wildman–Crippen LogP) is 1.54. The third-order valence-electron chi connectivity index (χ3n) is 6.65. The van der Waals surface area contributed by atoms with Gasteiger partial charge in [-0.2, -0.15) is 0 Å². The van der Waals surface area contributed by atoms with Gasteiger partial charge in [0.05, 0.1) is 34.0 Å². The van der Waals surface area contributed by atoms with Crippen molar-refractivity contribution in [2.24, 2.45) is 0 Å². The van der Waals surface area contributed by atoms with E-state index in [-0.39, 0.29) is 39.8 Å². The number of fused-ring (bicyclic) bond motifs is 1. The van der Waals surface area contributed by atoms with Crippen molar-refractivity contribution >= 4 is 16.9 Å². The summed E-state index contributed by atoms with van der Waals surface area (Å²) in [6.07, 6.45) is -8.11. The topological polar surface area (TPSA) is 166 Å². The maximum Gasteiger partial charge on any atom is 0.252 e. The molecule has 1 fully saturated rings. The molecule has 1 saturated heterocycles. The standard InChI is InChI=1S/C28H33NO11/c1-12(2)29-28(34)27-24(33)22(31)23(32)26(40-27)21-18(37-5)11-19-20(25(21)38-6)14(30)10-16(39-19)13-7-8-15(35-3)17(9-13)36-4/h7-12,22-24,26-27,31-33H,1-6H3,(H,29,34)/t22-,23-,24+,26+,27+/m1/s1. The minimum absolute atomic E-state index is 0.0159. The molecule has 0 saturated carbocycles. The fraction of sp³-hybridized carbons (Fsp3) is 0.429. The van der Waals surface area contributed by atoms with Gasteiger partial charge in [-0.05, 0) is 32.0 Å². The molecule has 0 aliphatic carbocycles. The highest BCUT2D eigenvalue weighted by atomic mass is 16.5. The zero-order valence-corrected chi connectivity index (χ0v) is 23.0. The molecule has 0 bridgehead atoms. The van der Waals surface area contributed by atoms with E-state index >= 15 is 0 Å². The van der Waals surface area contributed by atoms with E-state index in [9.17, 15) is 24.9 Å². The van der Waals surface area contributed by atoms with Crippen LogP contribution in [-0.4, -0.2) is 80.1 Å². The van der Waals surface area contributed by atoms with Gasteiger partial charge >= 0.3 is 0 Å². The van der Waals surface area contributed by atoms with Crippen molar-refractivity contribution in [3.05, 3.63) is 46.1 Å². The number of hydrogen-bond donors (Lipinski definition) is 4. The number of amides is 1. The SMILES string of the molecule is COc1ccc(-c2cc(=O)c3c(OC)c([C@@H]4O[C@H](C(=O)NC(C)C)[C@@H](O)[C@H](O)[C@H]4O)c(OC)cc3o2)cc1OC. The maximum absolute atomic E-state index is 13.5. The van der Waals surface area contributed by atoms with Gasteiger partial charge in [0.2, 0.25) is 0 Å². The zero-order valence-electron chi connectivity index (χ0n) is 23.0. The Kier molecular flexibility index (Phi) is 8.54. The van der Waals surface area contributed by atoms with Crippen LogP contribution in [0.1, 0.15) is 25.5 Å². The molecule has 0 spiro atoms. The molecular weight excluding hydrogens is 526 g/mol. The third-order valence-corrected chi connectivity index (χ3v) is 6.65. The Morgan fingerprint density at radius 3 is 2.15 bits per heavy atom. The molecule has 4 rings (SSSR count). The van der Waals surface area contributed by atoms with Crippen LogP contribution in [0.5, 0.6) is 23.0 Å². The van der Waals surface area contributed by atoms with Gasteiger partial charge in [0.1, 0.15) is 52.6 Å². The summed E-state index contributed by atoms with van der Waals surface area (Å²) in [7, 11) is 5.66. The number of carbonyl (C=O) groups excluding carboxylic acids is 1. The summed E-state index contributed by atoms with van der Waals surface area (Å²) in [6.45, 7) is 3.45. The lowest BCUT2D eigenvalue weighted by atomic mass is 9.89. The number of aliphatic hydroxyl groups is 3. The first-order chi connectivity index (χ1) is 19.1. The second-order valence-electron chi connectivity index (χ2n) is 9.56. The number of rotatable bonds is 8. The Morgan fingerprint density at radius 1 is 0.875 bits per heavy atom. The van der Waals surface area contributed by atoms with E-state index in [2.05, 4.69) is 5.32 Å². The summed E-state index contributed by atoms with van der Waals surface area (Å²) < 4.78 is 33.7. The molecule has 1 amide bonds. The molecule has 12 heteroatoms. The van der Waals surface area contributed by atoms with Crippen LogP contribution in [0.15, 0.2) is 39.5 Å². The zero-order chi connectivity index (χ0) is 29.3. The summed E-state index contributed by atoms with van der Waals surface area (Å²) in [5.74, 6) is 0.532. The van der Waals surface area contributed by atoms with E-state index in [0.29, 0.717) is 17.1 Å². The summed E-state index contributed by atoms with van der Waals surface area (Å²) >= 11 is 0. The van der Waals surface area contributed by atoms with Gasteiger partial charge in [0, 0.05) is 23.7 Å². The van der Waals surface area contributed by atoms with Gasteiger partial charge in [-0.25, -0.2) is 0 Å². The van der Waals surface area contributed by atoms with Crippen LogP contribution in [0, 0.1) is 0 Å². The highest BCUT2D eigenvalue weighted by molar-refractivity contribution is 5.89. The fourth-order valence-electron chi connectivity index (χ4n) is 4.76. The lowest BCUT2D eigenvalue weighted by Gasteiger charge is -2.40. The Labute approximate surface area is 230 Å². The van der Waals surface area contributed by atoms with E-state index in [4.69, 9.17) is 28.1 Å². The highest BCUT2D eigenvalue weighted by Gasteiger charge is 2.49. The molecule has 1 aliphatic rings. The number of methoxy groups -OCH3 is 4. The van der Waals surface area contributed by atoms with Crippen molar-refractivity contribution in [1.82, 2.24) is 5.32 Å². The second kappa shape index (κ2) is 11.7. The maximum atomic E-state index is 13.5. The van der Waals surface area contributed by atoms with Gasteiger partial charge in [-0.3, -0.25) is 9.59 Å². The van der Waals surface area contributed by atoms with E-state index < -0.39 is 41.9 Å². The lowest BCUT2D eigenvalue weighted by molar-refractivity contribution is -0.223. The molecule has 0 radical (unpaired) electrons. The number of hydrogen-bond acceptors (Lipinski definition) is 11. The van der Waals surface area contributed by atoms with Gasteiger partial charge < -0.3 is 48.7 Å². The van der Waals surface area contributed by atoms with Crippen molar-refractivity contribution in [2.75, 3.05) is 28.4 Å². The number of ether oxygens (including phenoxy) is 5. The lowest BCUT2D eigenvalue weighted by Crippen LogP contribution is -2.59. The van der Waals surface area contributed by atoms with Gasteiger partial charge in [-0.1, -0.05) is 0 Å². The van der Waals surface area contributed by atoms with Crippen LogP contribution in [0.4, 0.5) is 0 Å². The number of nitrogens with one attached hydrogen (secondary N) is 1. The third kappa shape index (κ3) is 5.18. The van der Waals surface area contributed by atoms with Crippen LogP contribution in [0.2, 0.25) is 0 Å². The molecule has 0 unspecified atom stereocenters. The molecule has 40 heavy (non-hydrogen) atoms. The monoisotopic (exact) mass is 559 g/mol. The Morgan fingerprint density at radius 2 is 1.55 bits per heavy atom. The first kappa shape index (κ1) is 29.2. The summed E-state index contributed by atoms with van der Waals surface area (Å²) in [5.41, 5.74) is 0.228. The Hall–Kier alpha value is -3.84. The normalized spacial score (nSPS) is 22.7. The van der Waals surface area contributed by atoms with E-state index in [1.54, 1.807) is 32.0 Å². The molecular formula is C28H33NO11. The summed E-state index contributed by atoms with van der Waals surface area (Å²) in [6, 6.07) is 7.46. The molecule has 3 aromatic rings. The molecule has 2 aromatic carbocycles. The average molecular weight is 560 g/mol. The highest BCUT2D eigenvalue weighted by Crippen LogP contribution is 2.46. The van der Waals surface area contributed by atoms with Crippen molar-refractivity contribution in [3.8, 4) is 34.3 Å². The molecule has 216 valence electrons. The molecule has 1 aliphatic heterocycles. The predicted molar refractivity (Wildman–Crippen MR) is 143 cm³/mol. The van der Waals surface area contributed by atoms with Crippen molar-refractivity contribution in [3.63, 3.8) is 0 Å². The van der Waals surface area contributed by atoms with E-state index in [1.165, 1.54) is 40.6 Å². The van der Waals surface area contributed by atoms with Crippen LogP contribution in [-0.2, 0) is 9.53 Å². The van der Waals surface area contributed by atoms with Gasteiger partial charge in [0.15, 0.2) is 23.0 Å². The smallest absolute Gasteiger partial charge is 0.252 e. The molecule has 12 nitrogen and oxygen atoms in total. The van der Waals surface area contributed by atoms with Crippen molar-refractivity contribution in [2.45, 2.75) is 50.4 Å². The Balaban J connectivity index is 1.88. The number of carbonyl (C=O) groups is 1. The minimum atomic E-state index is -1.75. The second-order valence-corrected chi connectivity index (χ2v) is 9.56. The van der Waals surface area contributed by atoms with Crippen LogP contribution < -0.4 is 29.7 Å². The number of benzene rings is 2. The van der Waals surface area contributed by atoms with Crippen molar-refractivity contribution < 1.29 is 48.2 Å². The molecule has 2 heterocycles. The largest absolute Gasteiger partial charge is 0.496 e. The van der Waals surface area contributed by atoms with E-state index in [0.717, 1.165) is 0 Å². The Bertz CT molecular complexity index is 1450. The molecule has 1 aromatic heterocycles. The summed E-state index contributed by atoms with van der Waals surface area (Å²) in [5, 5.41) is 34.7.